The summed E-state index contributed by atoms with van der Waals surface area (Å²) in [4.78, 5) is 17.8. The Morgan fingerprint density at radius 1 is 1.15 bits per heavy atom. The van der Waals surface area contributed by atoms with Crippen LogP contribution in [-0.4, -0.2) is 27.7 Å². The van der Waals surface area contributed by atoms with Crippen LogP contribution in [0.3, 0.4) is 0 Å². The number of benzene rings is 2. The van der Waals surface area contributed by atoms with E-state index in [9.17, 15) is 9.18 Å². The van der Waals surface area contributed by atoms with Crippen LogP contribution in [0.4, 0.5) is 20.8 Å². The molecular formula is C23H20FN5O3S. The summed E-state index contributed by atoms with van der Waals surface area (Å²) >= 11 is 1.61. The van der Waals surface area contributed by atoms with Gasteiger partial charge >= 0.3 is 6.03 Å². The maximum atomic E-state index is 13.9. The van der Waals surface area contributed by atoms with E-state index < -0.39 is 11.7 Å². The molecule has 2 amide bonds. The quantitative estimate of drug-likeness (QED) is 0.329. The van der Waals surface area contributed by atoms with Crippen molar-refractivity contribution >= 4 is 44.1 Å². The Morgan fingerprint density at radius 3 is 2.64 bits per heavy atom. The minimum Gasteiger partial charge on any atom is -0.497 e. The lowest BCUT2D eigenvalue weighted by molar-refractivity contribution is 0.205. The molecule has 33 heavy (non-hydrogen) atoms. The Hall–Kier alpha value is -3.92. The second-order valence-corrected chi connectivity index (χ2v) is 8.93. The van der Waals surface area contributed by atoms with Gasteiger partial charge in [0, 0.05) is 29.6 Å². The lowest BCUT2D eigenvalue weighted by atomic mass is 10.1. The van der Waals surface area contributed by atoms with Crippen molar-refractivity contribution in [2.75, 3.05) is 17.7 Å². The van der Waals surface area contributed by atoms with E-state index in [1.54, 1.807) is 30.6 Å². The predicted molar refractivity (Wildman–Crippen MR) is 126 cm³/mol. The lowest BCUT2D eigenvalue weighted by Crippen LogP contribution is -2.19. The number of hydrogen-bond donors (Lipinski definition) is 2. The molecule has 5 rings (SSSR count). The number of carbonyl (C=O) groups excluding carboxylic acids is 1. The highest BCUT2D eigenvalue weighted by atomic mass is 32.1. The summed E-state index contributed by atoms with van der Waals surface area (Å²) in [7, 11) is 1.65. The minimum absolute atomic E-state index is 0.0618. The second kappa shape index (κ2) is 7.89. The summed E-state index contributed by atoms with van der Waals surface area (Å²) in [5.74, 6) is 0.855. The molecule has 0 aliphatic rings. The number of amides is 2. The van der Waals surface area contributed by atoms with Crippen molar-refractivity contribution < 1.29 is 18.4 Å². The molecule has 0 unspecified atom stereocenters. The molecule has 0 bridgehead atoms. The van der Waals surface area contributed by atoms with Crippen LogP contribution in [0.5, 0.6) is 5.75 Å². The third kappa shape index (κ3) is 4.12. The Bertz CT molecular complexity index is 1460. The fourth-order valence-corrected chi connectivity index (χ4v) is 4.34. The average molecular weight is 466 g/mol. The fourth-order valence-electron chi connectivity index (χ4n) is 3.36. The van der Waals surface area contributed by atoms with E-state index in [1.165, 1.54) is 19.9 Å². The average Bonchev–Trinajstić information content (AvgIpc) is 3.48. The van der Waals surface area contributed by atoms with E-state index in [0.717, 1.165) is 32.2 Å². The van der Waals surface area contributed by atoms with Crippen LogP contribution < -0.4 is 15.4 Å². The molecule has 0 radical (unpaired) electrons. The predicted octanol–water partition coefficient (Wildman–Crippen LogP) is 6.06. The zero-order valence-electron chi connectivity index (χ0n) is 18.0. The molecule has 168 valence electrons. The van der Waals surface area contributed by atoms with Gasteiger partial charge in [-0.1, -0.05) is 28.6 Å². The number of urea groups is 1. The first kappa shape index (κ1) is 21.0. The SMILES string of the molecule is COc1ccc2sc3nc(-c4ccc(NC(=O)Nc5cc(C(C)(C)F)no5)cc4)cn3c2c1. The molecule has 5 aromatic rings. The first-order valence-corrected chi connectivity index (χ1v) is 10.9. The first-order chi connectivity index (χ1) is 15.8. The van der Waals surface area contributed by atoms with Gasteiger partial charge in [-0.25, -0.2) is 14.2 Å². The standard InChI is InChI=1S/C23H20FN5O3S/c1-23(2,24)19-11-20(32-28-19)27-21(30)25-14-6-4-13(5-7-14)16-12-29-17-10-15(31-3)8-9-18(17)33-22(29)26-16/h4-12H,1-3H3,(H2,25,27,30). The van der Waals surface area contributed by atoms with Gasteiger partial charge in [-0.05, 0) is 38.1 Å². The van der Waals surface area contributed by atoms with E-state index in [1.807, 2.05) is 40.9 Å². The number of alkyl halides is 1. The molecule has 0 saturated heterocycles. The summed E-state index contributed by atoms with van der Waals surface area (Å²) in [5, 5.41) is 8.83. The van der Waals surface area contributed by atoms with Gasteiger partial charge in [0.1, 0.15) is 11.4 Å². The Labute approximate surface area is 192 Å². The highest BCUT2D eigenvalue weighted by Crippen LogP contribution is 2.32. The number of hydrogen-bond acceptors (Lipinski definition) is 6. The van der Waals surface area contributed by atoms with E-state index in [4.69, 9.17) is 14.2 Å². The smallest absolute Gasteiger partial charge is 0.326 e. The van der Waals surface area contributed by atoms with E-state index in [-0.39, 0.29) is 11.6 Å². The number of halogens is 1. The molecule has 8 nitrogen and oxygen atoms in total. The third-order valence-corrected chi connectivity index (χ3v) is 6.13. The Morgan fingerprint density at radius 2 is 1.94 bits per heavy atom. The zero-order chi connectivity index (χ0) is 23.2. The van der Waals surface area contributed by atoms with Gasteiger partial charge in [-0.2, -0.15) is 0 Å². The van der Waals surface area contributed by atoms with Gasteiger partial charge < -0.3 is 14.6 Å². The van der Waals surface area contributed by atoms with Crippen LogP contribution in [0.15, 0.2) is 59.3 Å². The Balaban J connectivity index is 1.30. The minimum atomic E-state index is -1.66. The van der Waals surface area contributed by atoms with E-state index in [2.05, 4.69) is 15.8 Å². The van der Waals surface area contributed by atoms with Gasteiger partial charge in [-0.15, -0.1) is 0 Å². The van der Waals surface area contributed by atoms with Gasteiger partial charge in [0.25, 0.3) is 0 Å². The largest absolute Gasteiger partial charge is 0.497 e. The molecule has 0 aliphatic carbocycles. The van der Waals surface area contributed by atoms with Crippen molar-refractivity contribution in [2.45, 2.75) is 19.5 Å². The highest BCUT2D eigenvalue weighted by Gasteiger charge is 2.24. The van der Waals surface area contributed by atoms with Crippen LogP contribution in [-0.2, 0) is 5.67 Å². The van der Waals surface area contributed by atoms with Gasteiger partial charge in [0.15, 0.2) is 10.6 Å². The molecule has 0 atom stereocenters. The number of nitrogens with zero attached hydrogens (tertiary/aromatic N) is 3. The summed E-state index contributed by atoms with van der Waals surface area (Å²) in [6, 6.07) is 14.1. The van der Waals surface area contributed by atoms with E-state index in [0.29, 0.717) is 5.69 Å². The maximum absolute atomic E-state index is 13.9. The van der Waals surface area contributed by atoms with Crippen molar-refractivity contribution in [3.63, 3.8) is 0 Å². The lowest BCUT2D eigenvalue weighted by Gasteiger charge is -2.07. The second-order valence-electron chi connectivity index (χ2n) is 7.92. The number of nitrogens with one attached hydrogen (secondary N) is 2. The number of carbonyl (C=O) groups is 1. The number of thiazole rings is 1. The number of anilines is 2. The number of fused-ring (bicyclic) bond motifs is 3. The maximum Gasteiger partial charge on any atom is 0.326 e. The molecule has 3 aromatic heterocycles. The van der Waals surface area contributed by atoms with Crippen molar-refractivity contribution in [1.29, 1.82) is 0 Å². The van der Waals surface area contributed by atoms with Crippen LogP contribution in [0, 0.1) is 0 Å². The number of aromatic nitrogens is 3. The number of methoxy groups -OCH3 is 1. The molecule has 2 aromatic carbocycles. The van der Waals surface area contributed by atoms with Gasteiger partial charge in [-0.3, -0.25) is 9.72 Å². The summed E-state index contributed by atoms with van der Waals surface area (Å²) in [5.41, 5.74) is 1.81. The molecule has 2 N–H and O–H groups in total. The summed E-state index contributed by atoms with van der Waals surface area (Å²) in [6.07, 6.45) is 1.98. The molecule has 10 heteroatoms. The van der Waals surface area contributed by atoms with Crippen molar-refractivity contribution in [2.24, 2.45) is 0 Å². The molecule has 3 heterocycles. The normalized spacial score (nSPS) is 11.8. The van der Waals surface area contributed by atoms with E-state index >= 15 is 0 Å². The third-order valence-electron chi connectivity index (χ3n) is 5.09. The van der Waals surface area contributed by atoms with Gasteiger partial charge in [0.05, 0.1) is 23.0 Å². The zero-order valence-corrected chi connectivity index (χ0v) is 18.9. The molecule has 0 saturated carbocycles. The van der Waals surface area contributed by atoms with Gasteiger partial charge in [0.2, 0.25) is 5.88 Å². The summed E-state index contributed by atoms with van der Waals surface area (Å²) < 4.78 is 27.4. The molecule has 0 fully saturated rings. The fraction of sp³-hybridized carbons (Fsp3) is 0.174. The highest BCUT2D eigenvalue weighted by molar-refractivity contribution is 7.23. The molecule has 0 aliphatic heterocycles. The van der Waals surface area contributed by atoms with Crippen LogP contribution in [0.1, 0.15) is 19.5 Å². The van der Waals surface area contributed by atoms with Crippen LogP contribution in [0.2, 0.25) is 0 Å². The molecular weight excluding hydrogens is 445 g/mol. The molecule has 0 spiro atoms. The first-order valence-electron chi connectivity index (χ1n) is 10.1. The number of rotatable bonds is 5. The van der Waals surface area contributed by atoms with Crippen molar-refractivity contribution in [3.8, 4) is 17.0 Å². The number of ether oxygens (including phenoxy) is 1. The van der Waals surface area contributed by atoms with Crippen LogP contribution >= 0.6 is 11.3 Å². The monoisotopic (exact) mass is 465 g/mol. The Kier molecular flexibility index (Phi) is 5.01. The number of imidazole rings is 1. The topological polar surface area (TPSA) is 93.7 Å². The van der Waals surface area contributed by atoms with Crippen molar-refractivity contribution in [1.82, 2.24) is 14.5 Å². The van der Waals surface area contributed by atoms with Crippen molar-refractivity contribution in [3.05, 3.63) is 60.4 Å². The van der Waals surface area contributed by atoms with Crippen LogP contribution in [0.25, 0.3) is 26.4 Å². The summed E-state index contributed by atoms with van der Waals surface area (Å²) in [6.45, 7) is 2.72.